The van der Waals surface area contributed by atoms with Crippen LogP contribution in [0.3, 0.4) is 0 Å². The molecule has 2 fully saturated rings. The number of carbonyl (C=O) groups is 2. The first-order chi connectivity index (χ1) is 16.2. The van der Waals surface area contributed by atoms with E-state index < -0.39 is 15.9 Å². The van der Waals surface area contributed by atoms with Gasteiger partial charge in [-0.1, -0.05) is 11.6 Å². The van der Waals surface area contributed by atoms with Crippen molar-refractivity contribution in [1.82, 2.24) is 14.1 Å². The predicted octanol–water partition coefficient (Wildman–Crippen LogP) is 2.77. The zero-order valence-corrected chi connectivity index (χ0v) is 20.7. The molecule has 1 atom stereocenters. The van der Waals surface area contributed by atoms with Crippen LogP contribution in [0.25, 0.3) is 0 Å². The highest BCUT2D eigenvalue weighted by Crippen LogP contribution is 2.26. The molecule has 2 heterocycles. The molecule has 0 aliphatic carbocycles. The first-order valence-electron chi connectivity index (χ1n) is 11.4. The molecule has 0 bridgehead atoms. The normalized spacial score (nSPS) is 20.2. The van der Waals surface area contributed by atoms with Crippen molar-refractivity contribution in [3.8, 4) is 0 Å². The smallest absolute Gasteiger partial charge is 0.253 e. The van der Waals surface area contributed by atoms with Gasteiger partial charge in [-0.05, 0) is 68.4 Å². The number of nitrogens with zero attached hydrogens (tertiary/aromatic N) is 3. The Balaban J connectivity index is 1.37. The summed E-state index contributed by atoms with van der Waals surface area (Å²) in [6.07, 6.45) is 1.21. The zero-order chi connectivity index (χ0) is 24.3. The highest BCUT2D eigenvalue weighted by molar-refractivity contribution is 7.89. The second kappa shape index (κ2) is 10.4. The third-order valence-electron chi connectivity index (χ3n) is 6.40. The molecule has 0 unspecified atom stereocenters. The average Bonchev–Trinajstić information content (AvgIpc) is 2.85. The number of sulfonamides is 1. The van der Waals surface area contributed by atoms with E-state index in [-0.39, 0.29) is 23.3 Å². The SMILES string of the molecule is CN1CCN(C(=O)c2ccc(NC(=O)[C@@H]3CCCN(S(=O)(=O)c4ccc(Cl)cc4)C3)cc2)CC1. The first-order valence-corrected chi connectivity index (χ1v) is 13.2. The standard InChI is InChI=1S/C24H29ClN4O4S/c1-27-13-15-28(16-14-27)24(31)18-4-8-21(9-5-18)26-23(30)19-3-2-12-29(17-19)34(32,33)22-10-6-20(25)7-11-22/h4-11,19H,2-3,12-17H2,1H3,(H,26,30)/t19-/m1/s1. The summed E-state index contributed by atoms with van der Waals surface area (Å²) in [6.45, 7) is 3.60. The molecule has 1 N–H and O–H groups in total. The number of hydrogen-bond donors (Lipinski definition) is 1. The van der Waals surface area contributed by atoms with Crippen LogP contribution in [0.5, 0.6) is 0 Å². The number of rotatable bonds is 5. The second-order valence-corrected chi connectivity index (χ2v) is 11.2. The van der Waals surface area contributed by atoms with E-state index in [2.05, 4.69) is 10.2 Å². The van der Waals surface area contributed by atoms with Gasteiger partial charge in [-0.3, -0.25) is 9.59 Å². The van der Waals surface area contributed by atoms with Crippen LogP contribution in [0.2, 0.25) is 5.02 Å². The first kappa shape index (κ1) is 24.7. The van der Waals surface area contributed by atoms with Crippen molar-refractivity contribution in [1.29, 1.82) is 0 Å². The molecule has 2 aromatic rings. The van der Waals surface area contributed by atoms with Crippen LogP contribution in [0, 0.1) is 5.92 Å². The Morgan fingerprint density at radius 2 is 1.59 bits per heavy atom. The monoisotopic (exact) mass is 504 g/mol. The predicted molar refractivity (Wildman–Crippen MR) is 131 cm³/mol. The van der Waals surface area contributed by atoms with Gasteiger partial charge < -0.3 is 15.1 Å². The Morgan fingerprint density at radius 1 is 0.941 bits per heavy atom. The van der Waals surface area contributed by atoms with E-state index >= 15 is 0 Å². The highest BCUT2D eigenvalue weighted by atomic mass is 35.5. The van der Waals surface area contributed by atoms with Gasteiger partial charge in [-0.15, -0.1) is 0 Å². The number of nitrogens with one attached hydrogen (secondary N) is 1. The summed E-state index contributed by atoms with van der Waals surface area (Å²) < 4.78 is 27.3. The van der Waals surface area contributed by atoms with Crippen molar-refractivity contribution in [3.05, 3.63) is 59.1 Å². The molecule has 2 saturated heterocycles. The molecule has 34 heavy (non-hydrogen) atoms. The summed E-state index contributed by atoms with van der Waals surface area (Å²) in [5.41, 5.74) is 1.16. The fourth-order valence-electron chi connectivity index (χ4n) is 4.26. The molecular formula is C24H29ClN4O4S. The van der Waals surface area contributed by atoms with Gasteiger partial charge in [0.15, 0.2) is 0 Å². The molecule has 4 rings (SSSR count). The van der Waals surface area contributed by atoms with E-state index in [0.717, 1.165) is 13.1 Å². The van der Waals surface area contributed by atoms with Crippen LogP contribution in [0.15, 0.2) is 53.4 Å². The Hall–Kier alpha value is -2.46. The number of hydrogen-bond acceptors (Lipinski definition) is 5. The van der Waals surface area contributed by atoms with Gasteiger partial charge in [0.2, 0.25) is 15.9 Å². The minimum atomic E-state index is -3.70. The van der Waals surface area contributed by atoms with Crippen LogP contribution >= 0.6 is 11.6 Å². The molecule has 10 heteroatoms. The van der Waals surface area contributed by atoms with Crippen molar-refractivity contribution in [2.24, 2.45) is 5.92 Å². The van der Waals surface area contributed by atoms with Gasteiger partial charge in [0.05, 0.1) is 10.8 Å². The number of anilines is 1. The lowest BCUT2D eigenvalue weighted by Gasteiger charge is -2.32. The molecular weight excluding hydrogens is 476 g/mol. The van der Waals surface area contributed by atoms with E-state index in [1.807, 2.05) is 11.9 Å². The lowest BCUT2D eigenvalue weighted by molar-refractivity contribution is -0.120. The number of piperidine rings is 1. The minimum Gasteiger partial charge on any atom is -0.336 e. The summed E-state index contributed by atoms with van der Waals surface area (Å²) >= 11 is 5.88. The molecule has 2 amide bonds. The van der Waals surface area contributed by atoms with E-state index in [4.69, 9.17) is 11.6 Å². The number of amides is 2. The number of benzene rings is 2. The number of piperazine rings is 1. The molecule has 2 aromatic carbocycles. The van der Waals surface area contributed by atoms with E-state index in [1.54, 1.807) is 36.4 Å². The summed E-state index contributed by atoms with van der Waals surface area (Å²) in [5.74, 6) is -0.696. The molecule has 0 aromatic heterocycles. The molecule has 2 aliphatic heterocycles. The fraction of sp³-hybridized carbons (Fsp3) is 0.417. The maximum absolute atomic E-state index is 13.0. The topological polar surface area (TPSA) is 90.0 Å². The Labute approximate surface area is 205 Å². The third-order valence-corrected chi connectivity index (χ3v) is 8.53. The number of likely N-dealkylation sites (N-methyl/N-ethyl adjacent to an activating group) is 1. The fourth-order valence-corrected chi connectivity index (χ4v) is 5.91. The Morgan fingerprint density at radius 3 is 2.24 bits per heavy atom. The van der Waals surface area contributed by atoms with Crippen molar-refractivity contribution < 1.29 is 18.0 Å². The quantitative estimate of drug-likeness (QED) is 0.676. The molecule has 182 valence electrons. The molecule has 2 aliphatic rings. The van der Waals surface area contributed by atoms with Crippen LogP contribution < -0.4 is 5.32 Å². The Bertz CT molecular complexity index is 1130. The van der Waals surface area contributed by atoms with Crippen LogP contribution in [-0.2, 0) is 14.8 Å². The van der Waals surface area contributed by atoms with Crippen molar-refractivity contribution in [2.75, 3.05) is 51.6 Å². The Kier molecular flexibility index (Phi) is 7.57. The van der Waals surface area contributed by atoms with Gasteiger partial charge in [0.1, 0.15) is 0 Å². The van der Waals surface area contributed by atoms with Gasteiger partial charge in [-0.2, -0.15) is 4.31 Å². The summed E-state index contributed by atoms with van der Waals surface area (Å²) in [4.78, 5) is 29.8. The molecule has 0 saturated carbocycles. The molecule has 0 spiro atoms. The highest BCUT2D eigenvalue weighted by Gasteiger charge is 2.33. The number of halogens is 1. The minimum absolute atomic E-state index is 0.0127. The lowest BCUT2D eigenvalue weighted by Crippen LogP contribution is -2.47. The lowest BCUT2D eigenvalue weighted by atomic mass is 9.98. The largest absolute Gasteiger partial charge is 0.336 e. The van der Waals surface area contributed by atoms with Gasteiger partial charge in [0, 0.05) is 55.5 Å². The van der Waals surface area contributed by atoms with Gasteiger partial charge in [0.25, 0.3) is 5.91 Å². The van der Waals surface area contributed by atoms with Gasteiger partial charge >= 0.3 is 0 Å². The van der Waals surface area contributed by atoms with Crippen LogP contribution in [0.4, 0.5) is 5.69 Å². The van der Waals surface area contributed by atoms with E-state index in [1.165, 1.54) is 16.4 Å². The van der Waals surface area contributed by atoms with E-state index in [0.29, 0.717) is 48.7 Å². The van der Waals surface area contributed by atoms with Crippen LogP contribution in [0.1, 0.15) is 23.2 Å². The summed E-state index contributed by atoms with van der Waals surface area (Å²) in [7, 11) is -1.66. The maximum Gasteiger partial charge on any atom is 0.253 e. The number of carbonyl (C=O) groups excluding carboxylic acids is 2. The summed E-state index contributed by atoms with van der Waals surface area (Å²) in [5, 5.41) is 3.34. The van der Waals surface area contributed by atoms with Crippen molar-refractivity contribution in [2.45, 2.75) is 17.7 Å². The van der Waals surface area contributed by atoms with Gasteiger partial charge in [-0.25, -0.2) is 8.42 Å². The molecule has 8 nitrogen and oxygen atoms in total. The third kappa shape index (κ3) is 5.60. The zero-order valence-electron chi connectivity index (χ0n) is 19.1. The average molecular weight is 505 g/mol. The second-order valence-electron chi connectivity index (χ2n) is 8.82. The maximum atomic E-state index is 13.0. The van der Waals surface area contributed by atoms with E-state index in [9.17, 15) is 18.0 Å². The van der Waals surface area contributed by atoms with Crippen molar-refractivity contribution >= 4 is 39.1 Å². The summed E-state index contributed by atoms with van der Waals surface area (Å²) in [6, 6.07) is 12.9. The van der Waals surface area contributed by atoms with Crippen LogP contribution in [-0.4, -0.2) is 80.7 Å². The molecule has 0 radical (unpaired) electrons. The van der Waals surface area contributed by atoms with Crippen molar-refractivity contribution in [3.63, 3.8) is 0 Å².